The van der Waals surface area contributed by atoms with Crippen LogP contribution >= 0.6 is 0 Å². The van der Waals surface area contributed by atoms with E-state index < -0.39 is 21.7 Å². The smallest absolute Gasteiger partial charge is 0.407 e. The van der Waals surface area contributed by atoms with Crippen LogP contribution in [0.25, 0.3) is 0 Å². The van der Waals surface area contributed by atoms with Crippen molar-refractivity contribution in [1.29, 1.82) is 0 Å². The molecule has 0 radical (unpaired) electrons. The first-order valence-electron chi connectivity index (χ1n) is 7.29. The number of alkyl carbamates (subject to hydrolysis) is 1. The Kier molecular flexibility index (Phi) is 6.55. The second-order valence-electron chi connectivity index (χ2n) is 6.36. The van der Waals surface area contributed by atoms with Crippen molar-refractivity contribution in [2.45, 2.75) is 50.8 Å². The molecule has 1 aromatic carbocycles. The standard InChI is InChI=1S/C15H25N3O4S/c1-11(9-18-14(19)22-15(2,3)4)17-10-12-6-5-7-13(8-12)23(16,20)21/h5-8,11,17H,9-10H2,1-4H3,(H,18,19)(H2,16,20,21). The fourth-order valence-corrected chi connectivity index (χ4v) is 2.33. The molecule has 1 unspecified atom stereocenters. The van der Waals surface area contributed by atoms with Gasteiger partial charge in [0, 0.05) is 19.1 Å². The van der Waals surface area contributed by atoms with Crippen LogP contribution in [0.3, 0.4) is 0 Å². The van der Waals surface area contributed by atoms with E-state index in [2.05, 4.69) is 10.6 Å². The molecule has 1 rings (SSSR count). The molecule has 0 aliphatic carbocycles. The fourth-order valence-electron chi connectivity index (χ4n) is 1.75. The van der Waals surface area contributed by atoms with Gasteiger partial charge in [0.1, 0.15) is 5.60 Å². The van der Waals surface area contributed by atoms with Gasteiger partial charge in [-0.25, -0.2) is 18.4 Å². The van der Waals surface area contributed by atoms with Gasteiger partial charge in [-0.1, -0.05) is 12.1 Å². The minimum absolute atomic E-state index is 0.0133. The number of carbonyl (C=O) groups excluding carboxylic acids is 1. The van der Waals surface area contributed by atoms with Crippen LogP contribution in [0.1, 0.15) is 33.3 Å². The Morgan fingerprint density at radius 1 is 1.35 bits per heavy atom. The molecule has 7 nitrogen and oxygen atoms in total. The number of carbonyl (C=O) groups is 1. The quantitative estimate of drug-likeness (QED) is 0.722. The van der Waals surface area contributed by atoms with Gasteiger partial charge < -0.3 is 15.4 Å². The molecule has 1 atom stereocenters. The third-order valence-corrected chi connectivity index (χ3v) is 3.74. The number of sulfonamides is 1. The molecule has 8 heteroatoms. The summed E-state index contributed by atoms with van der Waals surface area (Å²) in [6.07, 6.45) is -0.470. The van der Waals surface area contributed by atoms with Crippen molar-refractivity contribution in [3.8, 4) is 0 Å². The predicted octanol–water partition coefficient (Wildman–Crippen LogP) is 1.34. The highest BCUT2D eigenvalue weighted by molar-refractivity contribution is 7.89. The number of amides is 1. The minimum atomic E-state index is -3.70. The molecule has 1 aromatic rings. The first-order valence-corrected chi connectivity index (χ1v) is 8.84. The van der Waals surface area contributed by atoms with Crippen LogP contribution in [0.5, 0.6) is 0 Å². The summed E-state index contributed by atoms with van der Waals surface area (Å²) in [6.45, 7) is 8.15. The van der Waals surface area contributed by atoms with E-state index in [4.69, 9.17) is 9.88 Å². The van der Waals surface area contributed by atoms with Crippen molar-refractivity contribution < 1.29 is 17.9 Å². The van der Waals surface area contributed by atoms with E-state index in [9.17, 15) is 13.2 Å². The van der Waals surface area contributed by atoms with E-state index >= 15 is 0 Å². The summed E-state index contributed by atoms with van der Waals surface area (Å²) in [5, 5.41) is 11.0. The molecule has 0 saturated heterocycles. The predicted molar refractivity (Wildman–Crippen MR) is 88.4 cm³/mol. The second kappa shape index (κ2) is 7.76. The topological polar surface area (TPSA) is 111 Å². The Morgan fingerprint density at radius 3 is 2.57 bits per heavy atom. The van der Waals surface area contributed by atoms with Crippen molar-refractivity contribution >= 4 is 16.1 Å². The van der Waals surface area contributed by atoms with Crippen molar-refractivity contribution in [2.24, 2.45) is 5.14 Å². The lowest BCUT2D eigenvalue weighted by Gasteiger charge is -2.21. The number of nitrogens with two attached hydrogens (primary N) is 1. The molecule has 0 aliphatic heterocycles. The Bertz CT molecular complexity index is 638. The monoisotopic (exact) mass is 343 g/mol. The zero-order valence-electron chi connectivity index (χ0n) is 13.9. The average molecular weight is 343 g/mol. The summed E-state index contributed by atoms with van der Waals surface area (Å²) in [4.78, 5) is 11.6. The number of rotatable bonds is 6. The highest BCUT2D eigenvalue weighted by Crippen LogP contribution is 2.10. The van der Waals surface area contributed by atoms with E-state index in [1.165, 1.54) is 12.1 Å². The molecule has 0 aliphatic rings. The number of hydrogen-bond acceptors (Lipinski definition) is 5. The third-order valence-electron chi connectivity index (χ3n) is 2.83. The summed E-state index contributed by atoms with van der Waals surface area (Å²) in [7, 11) is -3.70. The number of benzene rings is 1. The first kappa shape index (κ1) is 19.4. The van der Waals surface area contributed by atoms with Gasteiger partial charge in [-0.05, 0) is 45.4 Å². The Balaban J connectivity index is 2.45. The average Bonchev–Trinajstić information content (AvgIpc) is 2.40. The Hall–Kier alpha value is -1.64. The van der Waals surface area contributed by atoms with Gasteiger partial charge in [0.2, 0.25) is 10.0 Å². The SMILES string of the molecule is CC(CNC(=O)OC(C)(C)C)NCc1cccc(S(N)(=O)=O)c1. The zero-order chi connectivity index (χ0) is 17.7. The summed E-state index contributed by atoms with van der Waals surface area (Å²) in [6, 6.07) is 6.40. The third kappa shape index (κ3) is 7.96. The van der Waals surface area contributed by atoms with Crippen LogP contribution in [0, 0.1) is 0 Å². The molecular weight excluding hydrogens is 318 g/mol. The lowest BCUT2D eigenvalue weighted by molar-refractivity contribution is 0.0523. The maximum atomic E-state index is 11.6. The Labute approximate surface area is 137 Å². The maximum Gasteiger partial charge on any atom is 0.407 e. The van der Waals surface area contributed by atoms with Gasteiger partial charge in [-0.2, -0.15) is 0 Å². The lowest BCUT2D eigenvalue weighted by Crippen LogP contribution is -2.41. The van der Waals surface area contributed by atoms with Crippen LogP contribution in [-0.2, 0) is 21.3 Å². The van der Waals surface area contributed by atoms with Crippen LogP contribution in [0.2, 0.25) is 0 Å². The van der Waals surface area contributed by atoms with Crippen molar-refractivity contribution in [3.63, 3.8) is 0 Å². The largest absolute Gasteiger partial charge is 0.444 e. The normalized spacial score (nSPS) is 13.4. The lowest BCUT2D eigenvalue weighted by atomic mass is 10.2. The van der Waals surface area contributed by atoms with Crippen LogP contribution in [0.4, 0.5) is 4.79 Å². The molecule has 1 amide bonds. The van der Waals surface area contributed by atoms with Crippen LogP contribution < -0.4 is 15.8 Å². The molecule has 4 N–H and O–H groups in total. The van der Waals surface area contributed by atoms with Gasteiger partial charge in [-0.15, -0.1) is 0 Å². The summed E-state index contributed by atoms with van der Waals surface area (Å²) >= 11 is 0. The molecular formula is C15H25N3O4S. The first-order chi connectivity index (χ1) is 10.5. The van der Waals surface area contributed by atoms with E-state index in [-0.39, 0.29) is 10.9 Å². The summed E-state index contributed by atoms with van der Waals surface area (Å²) in [5.74, 6) is 0. The minimum Gasteiger partial charge on any atom is -0.444 e. The molecule has 0 spiro atoms. The van der Waals surface area contributed by atoms with Crippen molar-refractivity contribution in [3.05, 3.63) is 29.8 Å². The number of ether oxygens (including phenoxy) is 1. The highest BCUT2D eigenvalue weighted by Gasteiger charge is 2.16. The maximum absolute atomic E-state index is 11.6. The van der Waals surface area contributed by atoms with Crippen molar-refractivity contribution in [2.75, 3.05) is 6.54 Å². The number of nitrogens with one attached hydrogen (secondary N) is 2. The molecule has 130 valence electrons. The summed E-state index contributed by atoms with van der Waals surface area (Å²) in [5.41, 5.74) is 0.259. The molecule has 0 fully saturated rings. The van der Waals surface area contributed by atoms with E-state index in [1.54, 1.807) is 32.9 Å². The number of hydrogen-bond donors (Lipinski definition) is 3. The molecule has 0 heterocycles. The van der Waals surface area contributed by atoms with Gasteiger partial charge in [-0.3, -0.25) is 0 Å². The zero-order valence-corrected chi connectivity index (χ0v) is 14.7. The molecule has 0 saturated carbocycles. The second-order valence-corrected chi connectivity index (χ2v) is 7.92. The van der Waals surface area contributed by atoms with E-state index in [0.29, 0.717) is 13.1 Å². The van der Waals surface area contributed by atoms with E-state index in [1.807, 2.05) is 6.92 Å². The van der Waals surface area contributed by atoms with Gasteiger partial charge in [0.15, 0.2) is 0 Å². The molecule has 0 bridgehead atoms. The molecule has 0 aromatic heterocycles. The Morgan fingerprint density at radius 2 is 2.00 bits per heavy atom. The van der Waals surface area contributed by atoms with Gasteiger partial charge >= 0.3 is 6.09 Å². The fraction of sp³-hybridized carbons (Fsp3) is 0.533. The summed E-state index contributed by atoms with van der Waals surface area (Å²) < 4.78 is 27.8. The molecule has 23 heavy (non-hydrogen) atoms. The highest BCUT2D eigenvalue weighted by atomic mass is 32.2. The van der Waals surface area contributed by atoms with Gasteiger partial charge in [0.05, 0.1) is 4.90 Å². The van der Waals surface area contributed by atoms with Crippen molar-refractivity contribution in [1.82, 2.24) is 10.6 Å². The van der Waals surface area contributed by atoms with E-state index in [0.717, 1.165) is 5.56 Å². The number of primary sulfonamides is 1. The van der Waals surface area contributed by atoms with Gasteiger partial charge in [0.25, 0.3) is 0 Å². The van der Waals surface area contributed by atoms with Crippen LogP contribution in [-0.4, -0.2) is 32.7 Å². The van der Waals surface area contributed by atoms with Crippen LogP contribution in [0.15, 0.2) is 29.2 Å².